The average Bonchev–Trinajstić information content (AvgIpc) is 2.27. The Balaban J connectivity index is 2.05. The summed E-state index contributed by atoms with van der Waals surface area (Å²) < 4.78 is 13.0. The summed E-state index contributed by atoms with van der Waals surface area (Å²) in [4.78, 5) is 4.18. The van der Waals surface area contributed by atoms with Gasteiger partial charge in [-0.1, -0.05) is 6.07 Å². The summed E-state index contributed by atoms with van der Waals surface area (Å²) in [6.45, 7) is 0. The molecular formula is C12H11FN2S. The number of aromatic nitrogens is 1. The van der Waals surface area contributed by atoms with Gasteiger partial charge >= 0.3 is 0 Å². The van der Waals surface area contributed by atoms with E-state index in [2.05, 4.69) is 4.98 Å². The standard InChI is InChI=1S/C12H11FN2S/c13-10-5-9(6-11(14)7-10)8-16-12-3-1-2-4-15-12/h1-7H,8,14H2. The number of rotatable bonds is 3. The molecule has 1 aromatic heterocycles. The molecule has 1 heterocycles. The number of anilines is 1. The van der Waals surface area contributed by atoms with Gasteiger partial charge in [-0.05, 0) is 35.9 Å². The van der Waals surface area contributed by atoms with Gasteiger partial charge in [0.05, 0.1) is 5.03 Å². The first kappa shape index (κ1) is 11.0. The third kappa shape index (κ3) is 2.97. The second-order valence-electron chi connectivity index (χ2n) is 3.35. The van der Waals surface area contributed by atoms with Gasteiger partial charge in [0, 0.05) is 17.6 Å². The molecule has 0 unspecified atom stereocenters. The minimum absolute atomic E-state index is 0.295. The fourth-order valence-electron chi connectivity index (χ4n) is 1.35. The van der Waals surface area contributed by atoms with Crippen molar-refractivity contribution in [2.24, 2.45) is 0 Å². The van der Waals surface area contributed by atoms with Gasteiger partial charge in [-0.3, -0.25) is 0 Å². The summed E-state index contributed by atoms with van der Waals surface area (Å²) in [6, 6.07) is 10.3. The van der Waals surface area contributed by atoms with E-state index in [1.54, 1.807) is 24.0 Å². The Morgan fingerprint density at radius 1 is 1.25 bits per heavy atom. The Labute approximate surface area is 97.7 Å². The van der Waals surface area contributed by atoms with Crippen LogP contribution in [0.1, 0.15) is 5.56 Å². The molecule has 82 valence electrons. The third-order valence-electron chi connectivity index (χ3n) is 2.00. The van der Waals surface area contributed by atoms with Gasteiger partial charge in [0.2, 0.25) is 0 Å². The van der Waals surface area contributed by atoms with Gasteiger partial charge in [-0.25, -0.2) is 9.37 Å². The van der Waals surface area contributed by atoms with E-state index in [0.717, 1.165) is 10.6 Å². The highest BCUT2D eigenvalue weighted by Crippen LogP contribution is 2.22. The molecule has 0 saturated carbocycles. The molecule has 1 aromatic carbocycles. The van der Waals surface area contributed by atoms with E-state index in [1.165, 1.54) is 12.1 Å². The molecule has 2 rings (SSSR count). The van der Waals surface area contributed by atoms with Crippen molar-refractivity contribution in [1.29, 1.82) is 0 Å². The van der Waals surface area contributed by atoms with Gasteiger partial charge < -0.3 is 5.73 Å². The molecule has 0 spiro atoms. The van der Waals surface area contributed by atoms with Crippen LogP contribution in [0.2, 0.25) is 0 Å². The number of nitrogens with zero attached hydrogens (tertiary/aromatic N) is 1. The van der Waals surface area contributed by atoms with Crippen molar-refractivity contribution in [3.63, 3.8) is 0 Å². The lowest BCUT2D eigenvalue weighted by Crippen LogP contribution is -1.90. The molecule has 0 aliphatic carbocycles. The van der Waals surface area contributed by atoms with Crippen molar-refractivity contribution in [2.45, 2.75) is 10.8 Å². The highest BCUT2D eigenvalue weighted by molar-refractivity contribution is 7.98. The van der Waals surface area contributed by atoms with E-state index < -0.39 is 0 Å². The zero-order valence-corrected chi connectivity index (χ0v) is 9.38. The Hall–Kier alpha value is -1.55. The van der Waals surface area contributed by atoms with E-state index in [9.17, 15) is 4.39 Å². The third-order valence-corrected chi connectivity index (χ3v) is 3.02. The Morgan fingerprint density at radius 3 is 2.81 bits per heavy atom. The van der Waals surface area contributed by atoms with Crippen LogP contribution in [0.25, 0.3) is 0 Å². The molecule has 0 aliphatic heterocycles. The zero-order valence-electron chi connectivity index (χ0n) is 8.56. The predicted molar refractivity (Wildman–Crippen MR) is 64.6 cm³/mol. The largest absolute Gasteiger partial charge is 0.399 e. The predicted octanol–water partition coefficient (Wildman–Crippen LogP) is 3.10. The van der Waals surface area contributed by atoms with Crippen molar-refractivity contribution < 1.29 is 4.39 Å². The number of hydrogen-bond donors (Lipinski definition) is 1. The van der Waals surface area contributed by atoms with Gasteiger partial charge in [-0.2, -0.15) is 0 Å². The molecule has 0 radical (unpaired) electrons. The van der Waals surface area contributed by atoms with Crippen molar-refractivity contribution in [3.8, 4) is 0 Å². The lowest BCUT2D eigenvalue weighted by molar-refractivity contribution is 0.627. The van der Waals surface area contributed by atoms with Crippen LogP contribution in [-0.2, 0) is 5.75 Å². The van der Waals surface area contributed by atoms with Gasteiger partial charge in [0.15, 0.2) is 0 Å². The number of halogens is 1. The topological polar surface area (TPSA) is 38.9 Å². The van der Waals surface area contributed by atoms with Crippen LogP contribution in [-0.4, -0.2) is 4.98 Å². The van der Waals surface area contributed by atoms with Crippen molar-refractivity contribution in [3.05, 3.63) is 54.0 Å². The fourth-order valence-corrected chi connectivity index (χ4v) is 2.14. The molecule has 0 aliphatic rings. The quantitative estimate of drug-likeness (QED) is 0.655. The van der Waals surface area contributed by atoms with Crippen molar-refractivity contribution >= 4 is 17.4 Å². The van der Waals surface area contributed by atoms with Crippen LogP contribution in [0.15, 0.2) is 47.6 Å². The molecule has 0 atom stereocenters. The first-order valence-electron chi connectivity index (χ1n) is 4.83. The van der Waals surface area contributed by atoms with Crippen LogP contribution >= 0.6 is 11.8 Å². The van der Waals surface area contributed by atoms with Crippen molar-refractivity contribution in [1.82, 2.24) is 4.98 Å². The maximum Gasteiger partial charge on any atom is 0.125 e. The SMILES string of the molecule is Nc1cc(F)cc(CSc2ccccn2)c1. The van der Waals surface area contributed by atoms with E-state index in [1.807, 2.05) is 18.2 Å². The highest BCUT2D eigenvalue weighted by Gasteiger charge is 2.00. The number of pyridine rings is 1. The molecule has 2 nitrogen and oxygen atoms in total. The summed E-state index contributed by atoms with van der Waals surface area (Å²) in [7, 11) is 0. The van der Waals surface area contributed by atoms with E-state index in [0.29, 0.717) is 11.4 Å². The molecule has 0 fully saturated rings. The summed E-state index contributed by atoms with van der Waals surface area (Å²) in [6.07, 6.45) is 1.74. The summed E-state index contributed by atoms with van der Waals surface area (Å²) >= 11 is 1.56. The van der Waals surface area contributed by atoms with Crippen LogP contribution < -0.4 is 5.73 Å². The Kier molecular flexibility index (Phi) is 3.41. The Bertz CT molecular complexity index is 453. The number of hydrogen-bond acceptors (Lipinski definition) is 3. The van der Waals surface area contributed by atoms with Crippen LogP contribution in [0, 0.1) is 5.82 Å². The smallest absolute Gasteiger partial charge is 0.125 e. The normalized spacial score (nSPS) is 10.3. The molecule has 2 aromatic rings. The zero-order chi connectivity index (χ0) is 11.4. The second kappa shape index (κ2) is 4.99. The molecule has 2 N–H and O–H groups in total. The average molecular weight is 234 g/mol. The fraction of sp³-hybridized carbons (Fsp3) is 0.0833. The molecule has 4 heteroatoms. The van der Waals surface area contributed by atoms with Gasteiger partial charge in [-0.15, -0.1) is 11.8 Å². The maximum atomic E-state index is 13.0. The maximum absolute atomic E-state index is 13.0. The molecule has 0 amide bonds. The summed E-state index contributed by atoms with van der Waals surface area (Å²) in [5.41, 5.74) is 6.89. The molecule has 16 heavy (non-hydrogen) atoms. The monoisotopic (exact) mass is 234 g/mol. The summed E-state index contributed by atoms with van der Waals surface area (Å²) in [5, 5.41) is 0.922. The van der Waals surface area contributed by atoms with Crippen LogP contribution in [0.5, 0.6) is 0 Å². The summed E-state index contributed by atoms with van der Waals surface area (Å²) in [5.74, 6) is 0.371. The lowest BCUT2D eigenvalue weighted by atomic mass is 10.2. The number of thioether (sulfide) groups is 1. The second-order valence-corrected chi connectivity index (χ2v) is 4.35. The van der Waals surface area contributed by atoms with E-state index >= 15 is 0 Å². The minimum atomic E-state index is -0.295. The number of nitrogens with two attached hydrogens (primary N) is 1. The number of nitrogen functional groups attached to an aromatic ring is 1. The van der Waals surface area contributed by atoms with Gasteiger partial charge in [0.1, 0.15) is 5.82 Å². The minimum Gasteiger partial charge on any atom is -0.399 e. The number of benzene rings is 1. The lowest BCUT2D eigenvalue weighted by Gasteiger charge is -2.02. The molecule has 0 bridgehead atoms. The van der Waals surface area contributed by atoms with E-state index in [-0.39, 0.29) is 5.82 Å². The van der Waals surface area contributed by atoms with Crippen molar-refractivity contribution in [2.75, 3.05) is 5.73 Å². The Morgan fingerprint density at radius 2 is 2.12 bits per heavy atom. The van der Waals surface area contributed by atoms with E-state index in [4.69, 9.17) is 5.73 Å². The van der Waals surface area contributed by atoms with Crippen LogP contribution in [0.3, 0.4) is 0 Å². The molecule has 0 saturated heterocycles. The van der Waals surface area contributed by atoms with Gasteiger partial charge in [0.25, 0.3) is 0 Å². The highest BCUT2D eigenvalue weighted by atomic mass is 32.2. The van der Waals surface area contributed by atoms with Crippen LogP contribution in [0.4, 0.5) is 10.1 Å². The molecular weight excluding hydrogens is 223 g/mol. The first-order valence-corrected chi connectivity index (χ1v) is 5.81. The first-order chi connectivity index (χ1) is 7.74.